The smallest absolute Gasteiger partial charge is 0.260 e. The summed E-state index contributed by atoms with van der Waals surface area (Å²) in [6.07, 6.45) is 0. The Labute approximate surface area is 123 Å². The molecule has 1 aromatic heterocycles. The van der Waals surface area contributed by atoms with E-state index in [0.29, 0.717) is 22.0 Å². The van der Waals surface area contributed by atoms with Gasteiger partial charge in [-0.25, -0.2) is 0 Å². The lowest BCUT2D eigenvalue weighted by Gasteiger charge is -2.07. The van der Waals surface area contributed by atoms with Gasteiger partial charge in [-0.05, 0) is 46.4 Å². The standard InChI is InChI=1S/C15H10INO2/c16-10-6-7-12-11(8-10)14(18)13(15(19)17-12)9-4-2-1-3-5-9/h1-8H,(H2,17,18,19). The average molecular weight is 363 g/mol. The van der Waals surface area contributed by atoms with Gasteiger partial charge in [-0.1, -0.05) is 30.3 Å². The number of rotatable bonds is 1. The number of fused-ring (bicyclic) bond motifs is 1. The zero-order valence-electron chi connectivity index (χ0n) is 9.85. The first-order valence-electron chi connectivity index (χ1n) is 5.77. The first-order valence-corrected chi connectivity index (χ1v) is 6.84. The lowest BCUT2D eigenvalue weighted by molar-refractivity contribution is 0.482. The molecular formula is C15H10INO2. The quantitative estimate of drug-likeness (QED) is 0.651. The molecule has 2 aromatic carbocycles. The van der Waals surface area contributed by atoms with E-state index in [9.17, 15) is 9.90 Å². The fourth-order valence-corrected chi connectivity index (χ4v) is 2.61. The maximum atomic E-state index is 12.1. The Morgan fingerprint density at radius 3 is 2.53 bits per heavy atom. The Morgan fingerprint density at radius 1 is 1.05 bits per heavy atom. The molecule has 0 aliphatic rings. The third-order valence-electron chi connectivity index (χ3n) is 3.01. The van der Waals surface area contributed by atoms with Gasteiger partial charge in [0.05, 0.1) is 11.1 Å². The van der Waals surface area contributed by atoms with Crippen LogP contribution in [0.2, 0.25) is 0 Å². The van der Waals surface area contributed by atoms with Gasteiger partial charge in [0, 0.05) is 8.96 Å². The number of aromatic hydroxyl groups is 1. The van der Waals surface area contributed by atoms with E-state index < -0.39 is 0 Å². The number of hydrogen-bond donors (Lipinski definition) is 2. The van der Waals surface area contributed by atoms with Gasteiger partial charge in [0.2, 0.25) is 0 Å². The van der Waals surface area contributed by atoms with E-state index in [1.54, 1.807) is 6.07 Å². The number of hydrogen-bond acceptors (Lipinski definition) is 2. The fraction of sp³-hybridized carbons (Fsp3) is 0. The Bertz CT molecular complexity index is 809. The molecule has 1 heterocycles. The van der Waals surface area contributed by atoms with Crippen molar-refractivity contribution in [3.8, 4) is 16.9 Å². The van der Waals surface area contributed by atoms with Gasteiger partial charge >= 0.3 is 0 Å². The molecule has 0 saturated heterocycles. The highest BCUT2D eigenvalue weighted by Crippen LogP contribution is 2.32. The number of pyridine rings is 1. The molecule has 0 aliphatic heterocycles. The van der Waals surface area contributed by atoms with Crippen molar-refractivity contribution in [3.63, 3.8) is 0 Å². The number of halogens is 1. The zero-order chi connectivity index (χ0) is 13.4. The molecule has 0 bridgehead atoms. The topological polar surface area (TPSA) is 53.1 Å². The number of aromatic nitrogens is 1. The van der Waals surface area contributed by atoms with Gasteiger partial charge < -0.3 is 10.1 Å². The molecule has 0 saturated carbocycles. The normalized spacial score (nSPS) is 10.8. The molecule has 3 rings (SSSR count). The van der Waals surface area contributed by atoms with Gasteiger partial charge in [-0.3, -0.25) is 4.79 Å². The molecular weight excluding hydrogens is 353 g/mol. The van der Waals surface area contributed by atoms with E-state index in [1.807, 2.05) is 42.5 Å². The highest BCUT2D eigenvalue weighted by Gasteiger charge is 2.13. The second-order valence-electron chi connectivity index (χ2n) is 4.23. The largest absolute Gasteiger partial charge is 0.506 e. The Hall–Kier alpha value is -1.82. The molecule has 0 aliphatic carbocycles. The molecule has 4 heteroatoms. The van der Waals surface area contributed by atoms with Crippen molar-refractivity contribution in [2.45, 2.75) is 0 Å². The number of nitrogens with one attached hydrogen (secondary N) is 1. The first kappa shape index (κ1) is 12.2. The van der Waals surface area contributed by atoms with E-state index in [0.717, 1.165) is 3.57 Å². The van der Waals surface area contributed by atoms with Crippen molar-refractivity contribution in [2.75, 3.05) is 0 Å². The molecule has 3 nitrogen and oxygen atoms in total. The lowest BCUT2D eigenvalue weighted by atomic mass is 10.0. The summed E-state index contributed by atoms with van der Waals surface area (Å²) in [5.74, 6) is 0.0310. The summed E-state index contributed by atoms with van der Waals surface area (Å²) in [7, 11) is 0. The predicted molar refractivity (Wildman–Crippen MR) is 84.4 cm³/mol. The van der Waals surface area contributed by atoms with Gasteiger partial charge in [0.1, 0.15) is 5.75 Å². The Balaban J connectivity index is 2.40. The second kappa shape index (κ2) is 4.70. The number of H-pyrrole nitrogens is 1. The van der Waals surface area contributed by atoms with Crippen molar-refractivity contribution in [1.29, 1.82) is 0 Å². The molecule has 0 fully saturated rings. The highest BCUT2D eigenvalue weighted by atomic mass is 127. The van der Waals surface area contributed by atoms with E-state index in [1.165, 1.54) is 0 Å². The van der Waals surface area contributed by atoms with E-state index >= 15 is 0 Å². The van der Waals surface area contributed by atoms with Crippen molar-refractivity contribution >= 4 is 33.5 Å². The monoisotopic (exact) mass is 363 g/mol. The fourth-order valence-electron chi connectivity index (χ4n) is 2.12. The molecule has 0 spiro atoms. The van der Waals surface area contributed by atoms with Crippen LogP contribution >= 0.6 is 22.6 Å². The van der Waals surface area contributed by atoms with Crippen LogP contribution in [0.4, 0.5) is 0 Å². The zero-order valence-corrected chi connectivity index (χ0v) is 12.0. The minimum absolute atomic E-state index is 0.0310. The van der Waals surface area contributed by atoms with Crippen LogP contribution in [0.1, 0.15) is 0 Å². The molecule has 0 amide bonds. The van der Waals surface area contributed by atoms with Crippen LogP contribution in [-0.4, -0.2) is 10.1 Å². The molecule has 0 radical (unpaired) electrons. The summed E-state index contributed by atoms with van der Waals surface area (Å²) in [5.41, 5.74) is 1.39. The summed E-state index contributed by atoms with van der Waals surface area (Å²) >= 11 is 2.18. The Kier molecular flexibility index (Phi) is 3.02. The minimum atomic E-state index is -0.280. The molecule has 3 aromatic rings. The van der Waals surface area contributed by atoms with Crippen LogP contribution in [-0.2, 0) is 0 Å². The summed E-state index contributed by atoms with van der Waals surface area (Å²) in [6, 6.07) is 14.7. The van der Waals surface area contributed by atoms with Crippen molar-refractivity contribution in [3.05, 3.63) is 62.5 Å². The van der Waals surface area contributed by atoms with Gasteiger partial charge in [0.25, 0.3) is 5.56 Å². The van der Waals surface area contributed by atoms with Crippen molar-refractivity contribution in [2.24, 2.45) is 0 Å². The van der Waals surface area contributed by atoms with Crippen LogP contribution in [0.15, 0.2) is 53.3 Å². The summed E-state index contributed by atoms with van der Waals surface area (Å²) in [4.78, 5) is 14.9. The molecule has 19 heavy (non-hydrogen) atoms. The van der Waals surface area contributed by atoms with Crippen LogP contribution < -0.4 is 5.56 Å². The van der Waals surface area contributed by atoms with E-state index in [-0.39, 0.29) is 11.3 Å². The SMILES string of the molecule is O=c1[nH]c2ccc(I)cc2c(O)c1-c1ccccc1. The average Bonchev–Trinajstić information content (AvgIpc) is 2.41. The van der Waals surface area contributed by atoms with Crippen molar-refractivity contribution < 1.29 is 5.11 Å². The summed E-state index contributed by atoms with van der Waals surface area (Å²) in [6.45, 7) is 0. The first-order chi connectivity index (χ1) is 9.16. The minimum Gasteiger partial charge on any atom is -0.506 e. The Morgan fingerprint density at radius 2 is 1.79 bits per heavy atom. The van der Waals surface area contributed by atoms with Gasteiger partial charge in [-0.15, -0.1) is 0 Å². The summed E-state index contributed by atoms with van der Waals surface area (Å²) < 4.78 is 1.01. The molecule has 2 N–H and O–H groups in total. The van der Waals surface area contributed by atoms with Crippen LogP contribution in [0.5, 0.6) is 5.75 Å². The maximum absolute atomic E-state index is 12.1. The maximum Gasteiger partial charge on any atom is 0.260 e. The number of benzene rings is 2. The number of aromatic amines is 1. The van der Waals surface area contributed by atoms with Gasteiger partial charge in [0.15, 0.2) is 0 Å². The third kappa shape index (κ3) is 2.12. The second-order valence-corrected chi connectivity index (χ2v) is 5.48. The predicted octanol–water partition coefficient (Wildman–Crippen LogP) is 3.51. The van der Waals surface area contributed by atoms with E-state index in [2.05, 4.69) is 27.6 Å². The van der Waals surface area contributed by atoms with Crippen LogP contribution in [0.3, 0.4) is 0 Å². The lowest BCUT2D eigenvalue weighted by Crippen LogP contribution is -2.09. The van der Waals surface area contributed by atoms with Crippen LogP contribution in [0, 0.1) is 3.57 Å². The molecule has 94 valence electrons. The third-order valence-corrected chi connectivity index (χ3v) is 3.68. The van der Waals surface area contributed by atoms with Gasteiger partial charge in [-0.2, -0.15) is 0 Å². The van der Waals surface area contributed by atoms with Crippen molar-refractivity contribution in [1.82, 2.24) is 4.98 Å². The highest BCUT2D eigenvalue weighted by molar-refractivity contribution is 14.1. The summed E-state index contributed by atoms with van der Waals surface area (Å²) in [5, 5.41) is 11.0. The molecule has 0 unspecified atom stereocenters. The molecule has 0 atom stereocenters. The van der Waals surface area contributed by atoms with Crippen LogP contribution in [0.25, 0.3) is 22.0 Å². The van der Waals surface area contributed by atoms with E-state index in [4.69, 9.17) is 0 Å².